The molecule has 0 saturated carbocycles. The van der Waals surface area contributed by atoms with Gasteiger partial charge in [0.05, 0.1) is 0 Å². The Morgan fingerprint density at radius 1 is 1.10 bits per heavy atom. The van der Waals surface area contributed by atoms with Crippen molar-refractivity contribution < 1.29 is 19.4 Å². The molecule has 3 atom stereocenters. The highest BCUT2D eigenvalue weighted by atomic mass is 79.9. The molecule has 1 amide bonds. The summed E-state index contributed by atoms with van der Waals surface area (Å²) in [6, 6.07) is 12.6. The van der Waals surface area contributed by atoms with Crippen LogP contribution in [0.5, 0.6) is 11.6 Å². The highest BCUT2D eigenvalue weighted by Crippen LogP contribution is 2.43. The number of benzene rings is 2. The smallest absolute Gasteiger partial charge is 0.410 e. The van der Waals surface area contributed by atoms with E-state index in [2.05, 4.69) is 49.8 Å². The first-order chi connectivity index (χ1) is 23.0. The minimum absolute atomic E-state index is 0.100. The Balaban J connectivity index is 1.28. The van der Waals surface area contributed by atoms with Gasteiger partial charge in [-0.25, -0.2) is 4.79 Å². The fourth-order valence-corrected chi connectivity index (χ4v) is 8.79. The number of rotatable bonds is 5. The summed E-state index contributed by atoms with van der Waals surface area (Å²) < 4.78 is 13.1. The molecular weight excluding hydrogens is 672 g/mol. The molecule has 5 heterocycles. The molecule has 11 heteroatoms. The second kappa shape index (κ2) is 12.9. The van der Waals surface area contributed by atoms with Crippen molar-refractivity contribution in [2.75, 3.05) is 49.6 Å². The van der Waals surface area contributed by atoms with Gasteiger partial charge in [0.1, 0.15) is 35.4 Å². The number of carbonyl (C=O) groups is 1. The van der Waals surface area contributed by atoms with Crippen LogP contribution in [0.4, 0.5) is 16.3 Å². The van der Waals surface area contributed by atoms with Gasteiger partial charge in [0.25, 0.3) is 0 Å². The number of nitrogens with zero attached hydrogens (tertiary/aromatic N) is 6. The summed E-state index contributed by atoms with van der Waals surface area (Å²) in [5.74, 6) is 1.52. The summed E-state index contributed by atoms with van der Waals surface area (Å²) in [5, 5.41) is 22.9. The van der Waals surface area contributed by atoms with E-state index in [1.54, 1.807) is 12.1 Å². The number of likely N-dealkylation sites (N-methyl/N-ethyl adjacent to an activating group) is 1. The molecule has 4 aliphatic rings. The normalized spacial score (nSPS) is 22.8. The minimum atomic E-state index is -0.553. The third-order valence-electron chi connectivity index (χ3n) is 10.4. The van der Waals surface area contributed by atoms with Crippen LogP contribution < -0.4 is 14.5 Å². The number of likely N-dealkylation sites (tertiary alicyclic amines) is 2. The van der Waals surface area contributed by atoms with Gasteiger partial charge in [-0.05, 0) is 112 Å². The Morgan fingerprint density at radius 3 is 2.56 bits per heavy atom. The van der Waals surface area contributed by atoms with Gasteiger partial charge in [0.15, 0.2) is 0 Å². The lowest BCUT2D eigenvalue weighted by Gasteiger charge is -2.51. The van der Waals surface area contributed by atoms with Gasteiger partial charge >= 0.3 is 6.09 Å². The highest BCUT2D eigenvalue weighted by molar-refractivity contribution is 9.10. The average Bonchev–Trinajstić information content (AvgIpc) is 3.45. The number of nitriles is 1. The van der Waals surface area contributed by atoms with E-state index in [9.17, 15) is 15.2 Å². The van der Waals surface area contributed by atoms with E-state index in [1.165, 1.54) is 0 Å². The van der Waals surface area contributed by atoms with Crippen molar-refractivity contribution >= 4 is 44.3 Å². The van der Waals surface area contributed by atoms with Gasteiger partial charge in [-0.15, -0.1) is 0 Å². The van der Waals surface area contributed by atoms with Crippen LogP contribution in [0.2, 0.25) is 0 Å². The molecule has 0 radical (unpaired) electrons. The van der Waals surface area contributed by atoms with Gasteiger partial charge < -0.3 is 34.2 Å². The molecule has 7 rings (SSSR count). The second-order valence-corrected chi connectivity index (χ2v) is 15.6. The zero-order chi connectivity index (χ0) is 33.7. The lowest BCUT2D eigenvalue weighted by atomic mass is 9.88. The van der Waals surface area contributed by atoms with Crippen LogP contribution in [0, 0.1) is 11.3 Å². The fourth-order valence-electron chi connectivity index (χ4n) is 8.13. The Kier molecular flexibility index (Phi) is 8.84. The van der Waals surface area contributed by atoms with E-state index >= 15 is 0 Å². The van der Waals surface area contributed by atoms with Crippen LogP contribution >= 0.6 is 15.9 Å². The third kappa shape index (κ3) is 6.25. The van der Waals surface area contributed by atoms with Crippen LogP contribution in [0.25, 0.3) is 10.8 Å². The molecular formula is C37H45BrN6O4. The van der Waals surface area contributed by atoms with E-state index in [0.717, 1.165) is 89.5 Å². The Labute approximate surface area is 291 Å². The van der Waals surface area contributed by atoms with Gasteiger partial charge in [-0.1, -0.05) is 12.1 Å². The maximum absolute atomic E-state index is 13.2. The molecule has 254 valence electrons. The first kappa shape index (κ1) is 32.8. The number of phenolic OH excluding ortho intramolecular Hbond substituents is 1. The van der Waals surface area contributed by atoms with Crippen molar-refractivity contribution in [2.24, 2.45) is 0 Å². The number of hydrogen-bond donors (Lipinski definition) is 1. The number of phenols is 1. The highest BCUT2D eigenvalue weighted by Gasteiger charge is 2.43. The molecule has 0 spiro atoms. The van der Waals surface area contributed by atoms with Gasteiger partial charge in [-0.3, -0.25) is 0 Å². The molecule has 0 aliphatic carbocycles. The number of pyridine rings is 1. The number of piperidine rings is 1. The van der Waals surface area contributed by atoms with Gasteiger partial charge in [-0.2, -0.15) is 10.2 Å². The molecule has 4 aliphatic heterocycles. The average molecular weight is 718 g/mol. The summed E-state index contributed by atoms with van der Waals surface area (Å²) >= 11 is 3.70. The number of piperazine rings is 1. The fraction of sp³-hybridized carbons (Fsp3) is 0.541. The lowest BCUT2D eigenvalue weighted by Crippen LogP contribution is -2.63. The predicted octanol–water partition coefficient (Wildman–Crippen LogP) is 6.59. The van der Waals surface area contributed by atoms with E-state index in [4.69, 9.17) is 14.5 Å². The molecule has 1 N–H and O–H groups in total. The number of ether oxygens (including phenoxy) is 2. The molecule has 2 aromatic carbocycles. The van der Waals surface area contributed by atoms with Crippen LogP contribution in [-0.4, -0.2) is 89.5 Å². The van der Waals surface area contributed by atoms with E-state index < -0.39 is 5.60 Å². The maximum Gasteiger partial charge on any atom is 0.410 e. The first-order valence-electron chi connectivity index (χ1n) is 17.2. The monoisotopic (exact) mass is 716 g/mol. The van der Waals surface area contributed by atoms with Crippen molar-refractivity contribution in [1.29, 1.82) is 5.26 Å². The quantitative estimate of drug-likeness (QED) is 0.313. The number of carbonyl (C=O) groups excluding carboxylic acids is 1. The van der Waals surface area contributed by atoms with Crippen molar-refractivity contribution in [3.63, 3.8) is 0 Å². The Hall–Kier alpha value is -3.75. The number of anilines is 2. The second-order valence-electron chi connectivity index (χ2n) is 14.8. The number of fused-ring (bicyclic) bond motifs is 4. The first-order valence-corrected chi connectivity index (χ1v) is 18.0. The molecule has 2 bridgehead atoms. The van der Waals surface area contributed by atoms with E-state index in [1.807, 2.05) is 37.8 Å². The number of halogens is 1. The summed E-state index contributed by atoms with van der Waals surface area (Å²) in [4.78, 5) is 27.4. The SMILES string of the molecule is CN1CCC[C@H]1COc1nc(N2[C@@H]3CCC[C@H]2CN(C(=O)OC(C)(C)C)C3)c2c(c1C#N)CN(c1cccc3cc(O)cc(Br)c13)CC2. The number of aromatic hydroxyl groups is 1. The predicted molar refractivity (Wildman–Crippen MR) is 190 cm³/mol. The summed E-state index contributed by atoms with van der Waals surface area (Å²) in [7, 11) is 2.13. The maximum atomic E-state index is 13.2. The van der Waals surface area contributed by atoms with Crippen LogP contribution in [0.3, 0.4) is 0 Å². The molecule has 3 saturated heterocycles. The molecule has 3 aromatic rings. The third-order valence-corrected chi connectivity index (χ3v) is 11.0. The Bertz CT molecular complexity index is 1760. The molecule has 10 nitrogen and oxygen atoms in total. The van der Waals surface area contributed by atoms with Crippen LogP contribution in [-0.2, 0) is 17.7 Å². The summed E-state index contributed by atoms with van der Waals surface area (Å²) in [6.07, 6.45) is 5.67. The van der Waals surface area contributed by atoms with Crippen LogP contribution in [0.15, 0.2) is 34.8 Å². The molecule has 48 heavy (non-hydrogen) atoms. The van der Waals surface area contributed by atoms with Crippen molar-refractivity contribution in [3.05, 3.63) is 51.5 Å². The minimum Gasteiger partial charge on any atom is -0.508 e. The zero-order valence-corrected chi connectivity index (χ0v) is 29.9. The number of hydrogen-bond acceptors (Lipinski definition) is 9. The number of amides is 1. The molecule has 1 aromatic heterocycles. The number of aromatic nitrogens is 1. The van der Waals surface area contributed by atoms with E-state index in [0.29, 0.717) is 37.7 Å². The van der Waals surface area contributed by atoms with Gasteiger partial charge in [0.2, 0.25) is 5.88 Å². The van der Waals surface area contributed by atoms with Crippen molar-refractivity contribution in [2.45, 2.75) is 89.6 Å². The van der Waals surface area contributed by atoms with E-state index in [-0.39, 0.29) is 30.0 Å². The Morgan fingerprint density at radius 2 is 1.88 bits per heavy atom. The summed E-state index contributed by atoms with van der Waals surface area (Å²) in [6.45, 7) is 9.69. The van der Waals surface area contributed by atoms with Crippen molar-refractivity contribution in [3.8, 4) is 17.7 Å². The van der Waals surface area contributed by atoms with Crippen molar-refractivity contribution in [1.82, 2.24) is 14.8 Å². The zero-order valence-electron chi connectivity index (χ0n) is 28.3. The molecule has 0 unspecified atom stereocenters. The lowest BCUT2D eigenvalue weighted by molar-refractivity contribution is 0.0154. The topological polar surface area (TPSA) is 105 Å². The molecule has 3 fully saturated rings. The van der Waals surface area contributed by atoms with Crippen LogP contribution in [0.1, 0.15) is 69.6 Å². The summed E-state index contributed by atoms with van der Waals surface area (Å²) in [5.41, 5.74) is 3.07. The largest absolute Gasteiger partial charge is 0.508 e. The standard InChI is InChI=1S/C37H45BrN6O4/c1-37(2,3)48-36(46)43-19-24-9-6-10-25(20-43)44(24)34-28-13-15-42(32-12-5-8-23-16-27(45)17-31(38)33(23)32)21-30(28)29(18-39)35(40-34)47-22-26-11-7-14-41(26)4/h5,8,12,16-17,24-26,45H,6-7,9-11,13-15,19-22H2,1-4H3/t24-,25+,26-/m0/s1. The van der Waals surface area contributed by atoms with Gasteiger partial charge in [0, 0.05) is 71.0 Å².